The van der Waals surface area contributed by atoms with Gasteiger partial charge in [-0.3, -0.25) is 4.90 Å². The summed E-state index contributed by atoms with van der Waals surface area (Å²) in [5.74, 6) is 0. The van der Waals surface area contributed by atoms with Crippen molar-refractivity contribution in [3.8, 4) is 0 Å². The maximum absolute atomic E-state index is 5.81. The zero-order chi connectivity index (χ0) is 13.1. The number of hydrogen-bond donors (Lipinski definition) is 1. The van der Waals surface area contributed by atoms with Crippen LogP contribution in [0.4, 0.5) is 0 Å². The minimum atomic E-state index is 0.449. The lowest BCUT2D eigenvalue weighted by atomic mass is 9.93. The SMILES string of the molecule is CNCC1Cc2ccccc2CN1CC1CCCO1. The standard InChI is InChI=1S/C16H24N2O/c1-17-10-15-9-13-5-2-3-6-14(13)11-18(15)12-16-7-4-8-19-16/h2-3,5-6,15-17H,4,7-12H2,1H3. The zero-order valence-electron chi connectivity index (χ0n) is 11.8. The van der Waals surface area contributed by atoms with Crippen LogP contribution in [-0.2, 0) is 17.7 Å². The van der Waals surface area contributed by atoms with Crippen LogP contribution < -0.4 is 5.32 Å². The highest BCUT2D eigenvalue weighted by Gasteiger charge is 2.28. The molecule has 3 nitrogen and oxygen atoms in total. The van der Waals surface area contributed by atoms with Crippen LogP contribution in [0.2, 0.25) is 0 Å². The van der Waals surface area contributed by atoms with Crippen molar-refractivity contribution in [2.75, 3.05) is 26.7 Å². The smallest absolute Gasteiger partial charge is 0.0703 e. The van der Waals surface area contributed by atoms with Crippen LogP contribution in [0, 0.1) is 0 Å². The van der Waals surface area contributed by atoms with Crippen molar-refractivity contribution in [3.63, 3.8) is 0 Å². The average Bonchev–Trinajstić information content (AvgIpc) is 2.93. The van der Waals surface area contributed by atoms with Gasteiger partial charge < -0.3 is 10.1 Å². The summed E-state index contributed by atoms with van der Waals surface area (Å²) in [6, 6.07) is 9.46. The summed E-state index contributed by atoms with van der Waals surface area (Å²) in [4.78, 5) is 2.61. The minimum Gasteiger partial charge on any atom is -0.377 e. The van der Waals surface area contributed by atoms with Crippen molar-refractivity contribution in [2.45, 2.75) is 38.0 Å². The molecular weight excluding hydrogens is 236 g/mol. The van der Waals surface area contributed by atoms with Crippen molar-refractivity contribution in [3.05, 3.63) is 35.4 Å². The molecule has 3 heteroatoms. The molecule has 1 N–H and O–H groups in total. The van der Waals surface area contributed by atoms with Crippen LogP contribution in [0.1, 0.15) is 24.0 Å². The van der Waals surface area contributed by atoms with E-state index in [1.807, 2.05) is 7.05 Å². The Kier molecular flexibility index (Phi) is 4.16. The Hall–Kier alpha value is -0.900. The second kappa shape index (κ2) is 6.04. The quantitative estimate of drug-likeness (QED) is 0.893. The van der Waals surface area contributed by atoms with Crippen molar-refractivity contribution >= 4 is 0 Å². The molecule has 2 unspecified atom stereocenters. The topological polar surface area (TPSA) is 24.5 Å². The van der Waals surface area contributed by atoms with Gasteiger partial charge in [-0.15, -0.1) is 0 Å². The Balaban J connectivity index is 1.73. The predicted octanol–water partition coefficient (Wildman–Crippen LogP) is 1.81. The Morgan fingerprint density at radius 1 is 1.32 bits per heavy atom. The van der Waals surface area contributed by atoms with Gasteiger partial charge in [0.25, 0.3) is 0 Å². The molecule has 2 atom stereocenters. The summed E-state index contributed by atoms with van der Waals surface area (Å²) in [5, 5.41) is 3.34. The first kappa shape index (κ1) is 13.1. The molecule has 0 radical (unpaired) electrons. The van der Waals surface area contributed by atoms with Gasteiger partial charge in [0.1, 0.15) is 0 Å². The molecule has 0 aromatic heterocycles. The van der Waals surface area contributed by atoms with E-state index in [1.54, 1.807) is 0 Å². The fourth-order valence-corrected chi connectivity index (χ4v) is 3.34. The number of fused-ring (bicyclic) bond motifs is 1. The molecule has 0 bridgehead atoms. The van der Waals surface area contributed by atoms with Gasteiger partial charge in [-0.1, -0.05) is 24.3 Å². The number of likely N-dealkylation sites (N-methyl/N-ethyl adjacent to an activating group) is 1. The third kappa shape index (κ3) is 2.99. The van der Waals surface area contributed by atoms with Gasteiger partial charge in [0.05, 0.1) is 6.10 Å². The number of ether oxygens (including phenoxy) is 1. The molecule has 0 amide bonds. The summed E-state index contributed by atoms with van der Waals surface area (Å²) in [6.07, 6.45) is 4.06. The first-order chi connectivity index (χ1) is 9.36. The Labute approximate surface area is 115 Å². The van der Waals surface area contributed by atoms with Crippen LogP contribution in [-0.4, -0.2) is 43.8 Å². The molecule has 1 fully saturated rings. The molecular formula is C16H24N2O. The van der Waals surface area contributed by atoms with Crippen LogP contribution in [0.3, 0.4) is 0 Å². The molecule has 2 aliphatic rings. The fraction of sp³-hybridized carbons (Fsp3) is 0.625. The van der Waals surface area contributed by atoms with E-state index < -0.39 is 0 Å². The Bertz CT molecular complexity index is 415. The zero-order valence-corrected chi connectivity index (χ0v) is 11.8. The number of benzene rings is 1. The molecule has 0 spiro atoms. The third-order valence-electron chi connectivity index (χ3n) is 4.37. The second-order valence-corrected chi connectivity index (χ2v) is 5.75. The molecule has 0 aliphatic carbocycles. The van der Waals surface area contributed by atoms with E-state index in [9.17, 15) is 0 Å². The maximum atomic E-state index is 5.81. The maximum Gasteiger partial charge on any atom is 0.0703 e. The molecule has 3 rings (SSSR count). The normalized spacial score (nSPS) is 27.4. The molecule has 19 heavy (non-hydrogen) atoms. The first-order valence-corrected chi connectivity index (χ1v) is 7.44. The van der Waals surface area contributed by atoms with Crippen LogP contribution >= 0.6 is 0 Å². The van der Waals surface area contributed by atoms with Crippen molar-refractivity contribution in [2.24, 2.45) is 0 Å². The third-order valence-corrected chi connectivity index (χ3v) is 4.37. The Morgan fingerprint density at radius 3 is 2.89 bits per heavy atom. The largest absolute Gasteiger partial charge is 0.377 e. The van der Waals surface area contributed by atoms with Gasteiger partial charge in [0.15, 0.2) is 0 Å². The summed E-state index contributed by atoms with van der Waals surface area (Å²) in [7, 11) is 2.05. The fourth-order valence-electron chi connectivity index (χ4n) is 3.34. The highest BCUT2D eigenvalue weighted by molar-refractivity contribution is 5.30. The van der Waals surface area contributed by atoms with Crippen molar-refractivity contribution in [1.29, 1.82) is 0 Å². The summed E-state index contributed by atoms with van der Waals surface area (Å²) >= 11 is 0. The van der Waals surface area contributed by atoms with Gasteiger partial charge in [0, 0.05) is 32.3 Å². The number of hydrogen-bond acceptors (Lipinski definition) is 3. The van der Waals surface area contributed by atoms with E-state index in [1.165, 1.54) is 24.0 Å². The van der Waals surface area contributed by atoms with Crippen LogP contribution in [0.15, 0.2) is 24.3 Å². The monoisotopic (exact) mass is 260 g/mol. The number of nitrogens with zero attached hydrogens (tertiary/aromatic N) is 1. The van der Waals surface area contributed by atoms with E-state index in [-0.39, 0.29) is 0 Å². The predicted molar refractivity (Wildman–Crippen MR) is 77.2 cm³/mol. The van der Waals surface area contributed by atoms with E-state index in [0.29, 0.717) is 12.1 Å². The summed E-state index contributed by atoms with van der Waals surface area (Å²) < 4.78 is 5.81. The summed E-state index contributed by atoms with van der Waals surface area (Å²) in [5.41, 5.74) is 3.01. The molecule has 104 valence electrons. The van der Waals surface area contributed by atoms with E-state index >= 15 is 0 Å². The molecule has 1 aromatic carbocycles. The van der Waals surface area contributed by atoms with Gasteiger partial charge in [-0.05, 0) is 37.4 Å². The van der Waals surface area contributed by atoms with E-state index in [4.69, 9.17) is 4.74 Å². The van der Waals surface area contributed by atoms with Gasteiger partial charge >= 0.3 is 0 Å². The summed E-state index contributed by atoms with van der Waals surface area (Å²) in [6.45, 7) is 4.16. The second-order valence-electron chi connectivity index (χ2n) is 5.75. The molecule has 1 saturated heterocycles. The van der Waals surface area contributed by atoms with Gasteiger partial charge in [-0.2, -0.15) is 0 Å². The lowest BCUT2D eigenvalue weighted by molar-refractivity contribution is 0.0494. The minimum absolute atomic E-state index is 0.449. The van der Waals surface area contributed by atoms with Gasteiger partial charge in [0.2, 0.25) is 0 Å². The lowest BCUT2D eigenvalue weighted by Gasteiger charge is -2.38. The first-order valence-electron chi connectivity index (χ1n) is 7.44. The molecule has 2 aliphatic heterocycles. The number of rotatable bonds is 4. The van der Waals surface area contributed by atoms with E-state index in [2.05, 4.69) is 34.5 Å². The van der Waals surface area contributed by atoms with Crippen LogP contribution in [0.5, 0.6) is 0 Å². The highest BCUT2D eigenvalue weighted by atomic mass is 16.5. The van der Waals surface area contributed by atoms with Gasteiger partial charge in [-0.25, -0.2) is 0 Å². The number of nitrogens with one attached hydrogen (secondary N) is 1. The van der Waals surface area contributed by atoms with Crippen LogP contribution in [0.25, 0.3) is 0 Å². The highest BCUT2D eigenvalue weighted by Crippen LogP contribution is 2.25. The average molecular weight is 260 g/mol. The van der Waals surface area contributed by atoms with Crippen molar-refractivity contribution in [1.82, 2.24) is 10.2 Å². The molecule has 2 heterocycles. The Morgan fingerprint density at radius 2 is 2.16 bits per heavy atom. The molecule has 1 aromatic rings. The molecule has 0 saturated carbocycles. The van der Waals surface area contributed by atoms with Crippen molar-refractivity contribution < 1.29 is 4.74 Å². The lowest BCUT2D eigenvalue weighted by Crippen LogP contribution is -2.48. The van der Waals surface area contributed by atoms with E-state index in [0.717, 1.165) is 32.7 Å².